The third kappa shape index (κ3) is 1.28. The molecule has 1 aromatic carbocycles. The zero-order valence-electron chi connectivity index (χ0n) is 9.23. The first-order chi connectivity index (χ1) is 7.81. The monoisotopic (exact) mass is 218 g/mol. The quantitative estimate of drug-likeness (QED) is 0.723. The van der Waals surface area contributed by atoms with E-state index < -0.39 is 0 Å². The Hall–Kier alpha value is -1.35. The van der Waals surface area contributed by atoms with E-state index in [1.807, 2.05) is 18.2 Å². The molecule has 0 aromatic heterocycles. The predicted octanol–water partition coefficient (Wildman–Crippen LogP) is 2.01. The first-order valence-electron chi connectivity index (χ1n) is 5.61. The molecule has 1 heterocycles. The summed E-state index contributed by atoms with van der Waals surface area (Å²) in [6.45, 7) is 1.33. The highest BCUT2D eigenvalue weighted by Crippen LogP contribution is 2.43. The molecule has 0 bridgehead atoms. The van der Waals surface area contributed by atoms with Crippen LogP contribution in [0.3, 0.4) is 0 Å². The van der Waals surface area contributed by atoms with Crippen molar-refractivity contribution in [3.63, 3.8) is 0 Å². The number of hydrogen-bond donors (Lipinski definition) is 0. The first-order valence-corrected chi connectivity index (χ1v) is 5.61. The summed E-state index contributed by atoms with van der Waals surface area (Å²) in [7, 11) is 1.62. The largest absolute Gasteiger partial charge is 0.497 e. The molecular formula is C13H14O3. The van der Waals surface area contributed by atoms with E-state index in [0.29, 0.717) is 12.5 Å². The van der Waals surface area contributed by atoms with E-state index in [4.69, 9.17) is 9.47 Å². The van der Waals surface area contributed by atoms with E-state index in [1.54, 1.807) is 7.11 Å². The zero-order chi connectivity index (χ0) is 11.1. The topological polar surface area (TPSA) is 35.5 Å². The van der Waals surface area contributed by atoms with Crippen LogP contribution < -0.4 is 4.74 Å². The summed E-state index contributed by atoms with van der Waals surface area (Å²) in [6, 6.07) is 5.82. The van der Waals surface area contributed by atoms with Gasteiger partial charge in [0.2, 0.25) is 0 Å². The molecule has 84 valence electrons. The van der Waals surface area contributed by atoms with Crippen LogP contribution >= 0.6 is 0 Å². The molecule has 1 aliphatic carbocycles. The van der Waals surface area contributed by atoms with Crippen molar-refractivity contribution in [1.29, 1.82) is 0 Å². The van der Waals surface area contributed by atoms with Crippen molar-refractivity contribution < 1.29 is 14.3 Å². The Bertz CT molecular complexity index is 439. The van der Waals surface area contributed by atoms with Gasteiger partial charge in [-0.1, -0.05) is 6.07 Å². The fraction of sp³-hybridized carbons (Fsp3) is 0.462. The second kappa shape index (κ2) is 3.59. The number of fused-ring (bicyclic) bond motifs is 3. The van der Waals surface area contributed by atoms with Crippen LogP contribution in [0.1, 0.15) is 28.3 Å². The summed E-state index contributed by atoms with van der Waals surface area (Å²) in [4.78, 5) is 12.2. The van der Waals surface area contributed by atoms with Gasteiger partial charge in [-0.2, -0.15) is 0 Å². The molecule has 3 rings (SSSR count). The standard InChI is InChI=1S/C13H14O3/c1-15-8-2-3-9-10-4-5-16-7-12(10)13(14)11(9)6-8/h2-3,6,10,12H,4-5,7H2,1H3/t10-,12-/m1/s1. The minimum Gasteiger partial charge on any atom is -0.497 e. The van der Waals surface area contributed by atoms with Gasteiger partial charge >= 0.3 is 0 Å². The maximum atomic E-state index is 12.2. The van der Waals surface area contributed by atoms with Gasteiger partial charge in [0.05, 0.1) is 19.6 Å². The van der Waals surface area contributed by atoms with Crippen LogP contribution in [-0.2, 0) is 4.74 Å². The molecular weight excluding hydrogens is 204 g/mol. The van der Waals surface area contributed by atoms with Crippen LogP contribution in [0.15, 0.2) is 18.2 Å². The normalized spacial score (nSPS) is 27.4. The molecule has 2 aliphatic rings. The van der Waals surface area contributed by atoms with Crippen molar-refractivity contribution >= 4 is 5.78 Å². The van der Waals surface area contributed by atoms with E-state index in [1.165, 1.54) is 5.56 Å². The number of rotatable bonds is 1. The SMILES string of the molecule is COc1ccc2c(c1)C(=O)[C@@H]1COCC[C@H]21. The summed E-state index contributed by atoms with van der Waals surface area (Å²) in [6.07, 6.45) is 0.954. The Morgan fingerprint density at radius 2 is 2.25 bits per heavy atom. The highest BCUT2D eigenvalue weighted by Gasteiger charge is 2.41. The van der Waals surface area contributed by atoms with Crippen LogP contribution in [0.25, 0.3) is 0 Å². The van der Waals surface area contributed by atoms with Gasteiger partial charge in [-0.25, -0.2) is 0 Å². The molecule has 3 heteroatoms. The number of methoxy groups -OCH3 is 1. The van der Waals surface area contributed by atoms with E-state index >= 15 is 0 Å². The van der Waals surface area contributed by atoms with Crippen LogP contribution in [0, 0.1) is 5.92 Å². The zero-order valence-corrected chi connectivity index (χ0v) is 9.23. The number of ether oxygens (including phenoxy) is 2. The van der Waals surface area contributed by atoms with Crippen molar-refractivity contribution in [3.05, 3.63) is 29.3 Å². The summed E-state index contributed by atoms with van der Waals surface area (Å²) in [5.41, 5.74) is 2.01. The number of carbonyl (C=O) groups is 1. The molecule has 3 nitrogen and oxygen atoms in total. The lowest BCUT2D eigenvalue weighted by molar-refractivity contribution is 0.0412. The summed E-state index contributed by atoms with van der Waals surface area (Å²) < 4.78 is 10.5. The second-order valence-electron chi connectivity index (χ2n) is 4.39. The predicted molar refractivity (Wildman–Crippen MR) is 59.0 cm³/mol. The van der Waals surface area contributed by atoms with Gasteiger partial charge < -0.3 is 9.47 Å². The van der Waals surface area contributed by atoms with Gasteiger partial charge in [-0.05, 0) is 30.0 Å². The molecule has 2 atom stereocenters. The maximum Gasteiger partial charge on any atom is 0.169 e. The van der Waals surface area contributed by atoms with E-state index in [0.717, 1.165) is 24.3 Å². The second-order valence-corrected chi connectivity index (χ2v) is 4.39. The maximum absolute atomic E-state index is 12.2. The molecule has 0 saturated carbocycles. The van der Waals surface area contributed by atoms with Crippen LogP contribution in [0.2, 0.25) is 0 Å². The summed E-state index contributed by atoms with van der Waals surface area (Å²) in [5, 5.41) is 0. The van der Waals surface area contributed by atoms with Crippen molar-refractivity contribution in [2.45, 2.75) is 12.3 Å². The average Bonchev–Trinajstić information content (AvgIpc) is 2.64. The molecule has 16 heavy (non-hydrogen) atoms. The lowest BCUT2D eigenvalue weighted by Gasteiger charge is -2.24. The van der Waals surface area contributed by atoms with E-state index in [-0.39, 0.29) is 11.7 Å². The lowest BCUT2D eigenvalue weighted by Crippen LogP contribution is -2.26. The number of carbonyl (C=O) groups excluding carboxylic acids is 1. The van der Waals surface area contributed by atoms with Crippen LogP contribution in [-0.4, -0.2) is 26.1 Å². The number of ketones is 1. The van der Waals surface area contributed by atoms with Crippen LogP contribution in [0.4, 0.5) is 0 Å². The molecule has 0 radical (unpaired) electrons. The van der Waals surface area contributed by atoms with Gasteiger partial charge in [-0.3, -0.25) is 4.79 Å². The van der Waals surface area contributed by atoms with Gasteiger partial charge in [0.25, 0.3) is 0 Å². The lowest BCUT2D eigenvalue weighted by atomic mass is 9.88. The van der Waals surface area contributed by atoms with Crippen molar-refractivity contribution in [1.82, 2.24) is 0 Å². The Morgan fingerprint density at radius 3 is 3.06 bits per heavy atom. The summed E-state index contributed by atoms with van der Waals surface area (Å²) in [5.74, 6) is 1.38. The van der Waals surface area contributed by atoms with Gasteiger partial charge in [0.1, 0.15) is 5.75 Å². The minimum atomic E-state index is 0.0378. The van der Waals surface area contributed by atoms with Crippen molar-refractivity contribution in [2.75, 3.05) is 20.3 Å². The average molecular weight is 218 g/mol. The number of hydrogen-bond acceptors (Lipinski definition) is 3. The van der Waals surface area contributed by atoms with E-state index in [2.05, 4.69) is 0 Å². The Morgan fingerprint density at radius 1 is 1.38 bits per heavy atom. The molecule has 1 aromatic rings. The Kier molecular flexibility index (Phi) is 2.21. The fourth-order valence-corrected chi connectivity index (χ4v) is 2.77. The Balaban J connectivity index is 2.06. The minimum absolute atomic E-state index is 0.0378. The molecule has 0 N–H and O–H groups in total. The number of Topliss-reactive ketones (excluding diaryl/α,β-unsaturated/α-hetero) is 1. The Labute approximate surface area is 94.4 Å². The molecule has 1 aliphatic heterocycles. The van der Waals surface area contributed by atoms with Gasteiger partial charge in [-0.15, -0.1) is 0 Å². The highest BCUT2D eigenvalue weighted by atomic mass is 16.5. The number of benzene rings is 1. The van der Waals surface area contributed by atoms with Crippen molar-refractivity contribution in [3.8, 4) is 5.75 Å². The third-order valence-electron chi connectivity index (χ3n) is 3.62. The smallest absolute Gasteiger partial charge is 0.169 e. The van der Waals surface area contributed by atoms with Gasteiger partial charge in [0, 0.05) is 12.2 Å². The van der Waals surface area contributed by atoms with E-state index in [9.17, 15) is 4.79 Å². The van der Waals surface area contributed by atoms with Crippen LogP contribution in [0.5, 0.6) is 5.75 Å². The molecule has 0 amide bonds. The molecule has 1 fully saturated rings. The third-order valence-corrected chi connectivity index (χ3v) is 3.62. The fourth-order valence-electron chi connectivity index (χ4n) is 2.77. The van der Waals surface area contributed by atoms with Crippen molar-refractivity contribution in [2.24, 2.45) is 5.92 Å². The molecule has 0 spiro atoms. The molecule has 0 unspecified atom stereocenters. The highest BCUT2D eigenvalue weighted by molar-refractivity contribution is 6.03. The first kappa shape index (κ1) is 9.85. The molecule has 1 saturated heterocycles. The summed E-state index contributed by atoms with van der Waals surface area (Å²) >= 11 is 0. The van der Waals surface area contributed by atoms with Gasteiger partial charge in [0.15, 0.2) is 5.78 Å².